The van der Waals surface area contributed by atoms with Crippen LogP contribution in [0.25, 0.3) is 16.6 Å². The first-order valence-electron chi connectivity index (χ1n) is 12.5. The quantitative estimate of drug-likeness (QED) is 0.363. The van der Waals surface area contributed by atoms with E-state index in [-0.39, 0.29) is 17.4 Å². The van der Waals surface area contributed by atoms with Crippen LogP contribution in [0.5, 0.6) is 0 Å². The number of fused-ring (bicyclic) bond motifs is 1. The lowest BCUT2D eigenvalue weighted by Gasteiger charge is -2.30. The SMILES string of the molecule is Cn1cc(-n2ncc3cc(N4C(=O)C(C)(C)[C@H](NC(=O)c5cncs5)[C@H]4c4ccccc4)ccc32)ccc1=O. The van der Waals surface area contributed by atoms with Crippen LogP contribution in [0.2, 0.25) is 0 Å². The second-order valence-electron chi connectivity index (χ2n) is 10.2. The Morgan fingerprint density at radius 3 is 2.49 bits per heavy atom. The smallest absolute Gasteiger partial charge is 0.263 e. The van der Waals surface area contributed by atoms with E-state index >= 15 is 0 Å². The molecule has 0 spiro atoms. The molecular weight excluding hydrogens is 512 g/mol. The molecule has 5 aromatic rings. The lowest BCUT2D eigenvalue weighted by molar-refractivity contribution is -0.124. The van der Waals surface area contributed by atoms with Gasteiger partial charge in [0, 0.05) is 30.4 Å². The summed E-state index contributed by atoms with van der Waals surface area (Å²) in [6, 6.07) is 17.9. The standard InChI is InChI=1S/C29H26N6O3S/c1-29(2)26(32-27(37)23-15-30-17-39-23)25(18-7-5-4-6-8-18)34(28(29)38)20-9-11-22-19(13-20)14-31-35(22)21-10-12-24(36)33(3)16-21/h4-17,25-26H,1-3H3,(H,32,37)/t25-,26-/m1/s1. The number of carbonyl (C=O) groups is 2. The molecule has 0 radical (unpaired) electrons. The Labute approximate surface area is 228 Å². The zero-order valence-corrected chi connectivity index (χ0v) is 22.4. The van der Waals surface area contributed by atoms with E-state index in [1.54, 1.807) is 40.6 Å². The number of nitrogens with zero attached hydrogens (tertiary/aromatic N) is 5. The minimum absolute atomic E-state index is 0.0873. The fraction of sp³-hybridized carbons (Fsp3) is 0.207. The molecule has 2 amide bonds. The Hall–Kier alpha value is -4.57. The number of pyridine rings is 1. The average molecular weight is 539 g/mol. The van der Waals surface area contributed by atoms with Crippen LogP contribution in [-0.4, -0.2) is 37.2 Å². The Morgan fingerprint density at radius 2 is 1.77 bits per heavy atom. The minimum Gasteiger partial charge on any atom is -0.345 e. The number of thiazole rings is 1. The van der Waals surface area contributed by atoms with Crippen molar-refractivity contribution >= 4 is 39.7 Å². The fourth-order valence-corrected chi connectivity index (χ4v) is 5.79. The molecule has 1 N–H and O–H groups in total. The zero-order chi connectivity index (χ0) is 27.3. The summed E-state index contributed by atoms with van der Waals surface area (Å²) in [6.45, 7) is 3.75. The third-order valence-electron chi connectivity index (χ3n) is 7.37. The molecule has 1 fully saturated rings. The van der Waals surface area contributed by atoms with Gasteiger partial charge in [-0.2, -0.15) is 5.10 Å². The number of benzene rings is 2. The molecule has 9 nitrogen and oxygen atoms in total. The molecule has 1 aliphatic rings. The van der Waals surface area contributed by atoms with Gasteiger partial charge in [0.25, 0.3) is 5.91 Å². The summed E-state index contributed by atoms with van der Waals surface area (Å²) in [4.78, 5) is 45.3. The molecule has 1 aliphatic heterocycles. The highest BCUT2D eigenvalue weighted by Crippen LogP contribution is 2.47. The molecule has 2 atom stereocenters. The van der Waals surface area contributed by atoms with Crippen molar-refractivity contribution in [3.05, 3.63) is 106 Å². The normalized spacial score (nSPS) is 18.5. The third kappa shape index (κ3) is 4.13. The molecule has 196 valence electrons. The molecule has 1 saturated heterocycles. The van der Waals surface area contributed by atoms with Crippen molar-refractivity contribution in [1.29, 1.82) is 0 Å². The van der Waals surface area contributed by atoms with E-state index in [1.165, 1.54) is 28.2 Å². The summed E-state index contributed by atoms with van der Waals surface area (Å²) in [5, 5.41) is 8.54. The highest BCUT2D eigenvalue weighted by molar-refractivity contribution is 7.11. The summed E-state index contributed by atoms with van der Waals surface area (Å²) in [7, 11) is 1.70. The lowest BCUT2D eigenvalue weighted by atomic mass is 9.82. The van der Waals surface area contributed by atoms with E-state index in [2.05, 4.69) is 15.4 Å². The number of anilines is 1. The predicted molar refractivity (Wildman–Crippen MR) is 150 cm³/mol. The van der Waals surface area contributed by atoms with Crippen molar-refractivity contribution in [3.8, 4) is 5.69 Å². The molecule has 2 aromatic carbocycles. The van der Waals surface area contributed by atoms with Crippen LogP contribution in [0.15, 0.2) is 89.6 Å². The van der Waals surface area contributed by atoms with Gasteiger partial charge in [0.15, 0.2) is 0 Å². The van der Waals surface area contributed by atoms with Gasteiger partial charge < -0.3 is 14.8 Å². The molecule has 0 unspecified atom stereocenters. The maximum absolute atomic E-state index is 14.0. The molecule has 6 rings (SSSR count). The first-order valence-corrected chi connectivity index (χ1v) is 13.4. The number of hydrogen-bond donors (Lipinski definition) is 1. The number of carbonyl (C=O) groups excluding carboxylic acids is 2. The van der Waals surface area contributed by atoms with Gasteiger partial charge in [0.2, 0.25) is 11.5 Å². The zero-order valence-electron chi connectivity index (χ0n) is 21.6. The lowest BCUT2D eigenvalue weighted by Crippen LogP contribution is -2.46. The largest absolute Gasteiger partial charge is 0.345 e. The number of rotatable bonds is 5. The Balaban J connectivity index is 1.44. The third-order valence-corrected chi connectivity index (χ3v) is 8.14. The van der Waals surface area contributed by atoms with Crippen LogP contribution < -0.4 is 15.8 Å². The van der Waals surface area contributed by atoms with Gasteiger partial charge in [0.1, 0.15) is 4.88 Å². The van der Waals surface area contributed by atoms with E-state index in [0.717, 1.165) is 22.2 Å². The van der Waals surface area contributed by atoms with E-state index in [4.69, 9.17) is 0 Å². The molecular formula is C29H26N6O3S. The number of nitrogens with one attached hydrogen (secondary N) is 1. The maximum Gasteiger partial charge on any atom is 0.263 e. The van der Waals surface area contributed by atoms with Crippen LogP contribution in [0.1, 0.15) is 35.1 Å². The van der Waals surface area contributed by atoms with Crippen molar-refractivity contribution < 1.29 is 9.59 Å². The van der Waals surface area contributed by atoms with E-state index in [1.807, 2.05) is 62.4 Å². The molecule has 0 aliphatic carbocycles. The van der Waals surface area contributed by atoms with Crippen LogP contribution >= 0.6 is 11.3 Å². The van der Waals surface area contributed by atoms with Crippen molar-refractivity contribution in [2.24, 2.45) is 12.5 Å². The van der Waals surface area contributed by atoms with Gasteiger partial charge in [-0.1, -0.05) is 30.3 Å². The molecule has 10 heteroatoms. The van der Waals surface area contributed by atoms with E-state index < -0.39 is 17.5 Å². The molecule has 0 saturated carbocycles. The molecule has 3 aromatic heterocycles. The Bertz CT molecular complexity index is 1760. The van der Waals surface area contributed by atoms with E-state index in [9.17, 15) is 14.4 Å². The Morgan fingerprint density at radius 1 is 1.00 bits per heavy atom. The van der Waals surface area contributed by atoms with Gasteiger partial charge in [-0.05, 0) is 43.7 Å². The van der Waals surface area contributed by atoms with Crippen molar-refractivity contribution in [2.45, 2.75) is 25.9 Å². The first-order chi connectivity index (χ1) is 18.8. The number of aryl methyl sites for hydroxylation is 1. The first kappa shape index (κ1) is 24.7. The van der Waals surface area contributed by atoms with Crippen LogP contribution in [-0.2, 0) is 11.8 Å². The van der Waals surface area contributed by atoms with Crippen molar-refractivity contribution in [1.82, 2.24) is 24.6 Å². The summed E-state index contributed by atoms with van der Waals surface area (Å²) in [6.07, 6.45) is 5.02. The summed E-state index contributed by atoms with van der Waals surface area (Å²) in [5.41, 5.74) is 3.87. The van der Waals surface area contributed by atoms with Gasteiger partial charge in [-0.15, -0.1) is 11.3 Å². The molecule has 4 heterocycles. The van der Waals surface area contributed by atoms with Crippen molar-refractivity contribution in [2.75, 3.05) is 4.90 Å². The summed E-state index contributed by atoms with van der Waals surface area (Å²) < 4.78 is 3.27. The number of amides is 2. The molecule has 0 bridgehead atoms. The second kappa shape index (κ2) is 9.32. The summed E-state index contributed by atoms with van der Waals surface area (Å²) in [5.74, 6) is -0.337. The van der Waals surface area contributed by atoms with Gasteiger partial charge in [-0.3, -0.25) is 19.4 Å². The van der Waals surface area contributed by atoms with Crippen LogP contribution in [0.4, 0.5) is 5.69 Å². The van der Waals surface area contributed by atoms with Crippen LogP contribution in [0, 0.1) is 5.41 Å². The van der Waals surface area contributed by atoms with Gasteiger partial charge in [-0.25, -0.2) is 4.68 Å². The Kier molecular flexibility index (Phi) is 5.91. The van der Waals surface area contributed by atoms with Gasteiger partial charge in [0.05, 0.1) is 46.6 Å². The van der Waals surface area contributed by atoms with Crippen LogP contribution in [0.3, 0.4) is 0 Å². The van der Waals surface area contributed by atoms with Crippen molar-refractivity contribution in [3.63, 3.8) is 0 Å². The molecule has 39 heavy (non-hydrogen) atoms. The highest BCUT2D eigenvalue weighted by Gasteiger charge is 2.55. The van der Waals surface area contributed by atoms with Gasteiger partial charge >= 0.3 is 0 Å². The fourth-order valence-electron chi connectivity index (χ4n) is 5.26. The number of hydrogen-bond acceptors (Lipinski definition) is 6. The number of aromatic nitrogens is 4. The monoisotopic (exact) mass is 538 g/mol. The summed E-state index contributed by atoms with van der Waals surface area (Å²) >= 11 is 1.26. The second-order valence-corrected chi connectivity index (χ2v) is 11.1. The minimum atomic E-state index is -0.880. The highest BCUT2D eigenvalue weighted by atomic mass is 32.1. The predicted octanol–water partition coefficient (Wildman–Crippen LogP) is 4.09. The topological polar surface area (TPSA) is 102 Å². The average Bonchev–Trinajstić information content (AvgIpc) is 3.66. The van der Waals surface area contributed by atoms with E-state index in [0.29, 0.717) is 10.6 Å². The maximum atomic E-state index is 14.0.